The summed E-state index contributed by atoms with van der Waals surface area (Å²) in [6.45, 7) is 0. The van der Waals surface area contributed by atoms with E-state index in [1.807, 2.05) is 30.3 Å². The first kappa shape index (κ1) is 12.9. The van der Waals surface area contributed by atoms with Crippen LogP contribution >= 0.6 is 0 Å². The normalized spacial score (nSPS) is 11.0. The lowest BCUT2D eigenvalue weighted by molar-refractivity contribution is 0.249. The predicted molar refractivity (Wildman–Crippen MR) is 82.0 cm³/mol. The number of nitrogens with two attached hydrogens (primary N) is 1. The summed E-state index contributed by atoms with van der Waals surface area (Å²) in [6, 6.07) is 17.1. The smallest absolute Gasteiger partial charge is 0.332 e. The van der Waals surface area contributed by atoms with Gasteiger partial charge in [0.1, 0.15) is 11.5 Å². The molecule has 104 valence electrons. The summed E-state index contributed by atoms with van der Waals surface area (Å²) in [7, 11) is 0. The van der Waals surface area contributed by atoms with Gasteiger partial charge in [-0.2, -0.15) is 5.10 Å². The Morgan fingerprint density at radius 1 is 1.10 bits per heavy atom. The van der Waals surface area contributed by atoms with Gasteiger partial charge in [0.05, 0.1) is 6.21 Å². The van der Waals surface area contributed by atoms with Gasteiger partial charge in [-0.1, -0.05) is 42.5 Å². The molecule has 0 fully saturated rings. The molecule has 1 heterocycles. The van der Waals surface area contributed by atoms with Gasteiger partial charge in [0.15, 0.2) is 0 Å². The second kappa shape index (κ2) is 5.50. The van der Waals surface area contributed by atoms with Gasteiger partial charge < -0.3 is 10.2 Å². The van der Waals surface area contributed by atoms with Crippen molar-refractivity contribution in [1.82, 2.24) is 5.43 Å². The summed E-state index contributed by atoms with van der Waals surface area (Å²) in [5.41, 5.74) is 8.05. The molecule has 0 saturated carbocycles. The van der Waals surface area contributed by atoms with Crippen LogP contribution in [0.1, 0.15) is 5.76 Å². The van der Waals surface area contributed by atoms with E-state index in [4.69, 9.17) is 10.2 Å². The van der Waals surface area contributed by atoms with E-state index in [9.17, 15) is 4.79 Å². The summed E-state index contributed by atoms with van der Waals surface area (Å²) in [5.74, 6) is 1.28. The maximum atomic E-state index is 10.5. The standard InChI is InChI=1S/C16H13N3O2/c17-16(20)19-18-10-12-8-9-15(21-12)14-7-3-5-11-4-1-2-6-13(11)14/h1-10H,(H3,17,19,20). The van der Waals surface area contributed by atoms with E-state index in [2.05, 4.69) is 28.7 Å². The molecule has 5 nitrogen and oxygen atoms in total. The Labute approximate surface area is 121 Å². The highest BCUT2D eigenvalue weighted by Gasteiger charge is 2.07. The van der Waals surface area contributed by atoms with Crippen LogP contribution in [0.4, 0.5) is 4.79 Å². The summed E-state index contributed by atoms with van der Waals surface area (Å²) in [6.07, 6.45) is 1.40. The van der Waals surface area contributed by atoms with E-state index in [-0.39, 0.29) is 0 Å². The van der Waals surface area contributed by atoms with E-state index in [0.29, 0.717) is 5.76 Å². The van der Waals surface area contributed by atoms with Gasteiger partial charge in [-0.05, 0) is 22.9 Å². The van der Waals surface area contributed by atoms with Crippen molar-refractivity contribution >= 4 is 23.0 Å². The number of urea groups is 1. The Morgan fingerprint density at radius 2 is 1.90 bits per heavy atom. The lowest BCUT2D eigenvalue weighted by Gasteiger charge is -2.03. The Balaban J connectivity index is 1.95. The fraction of sp³-hybridized carbons (Fsp3) is 0. The van der Waals surface area contributed by atoms with Gasteiger partial charge in [-0.3, -0.25) is 0 Å². The second-order valence-corrected chi connectivity index (χ2v) is 4.46. The van der Waals surface area contributed by atoms with Crippen molar-refractivity contribution in [3.05, 3.63) is 60.4 Å². The maximum absolute atomic E-state index is 10.5. The average molecular weight is 279 g/mol. The summed E-state index contributed by atoms with van der Waals surface area (Å²) < 4.78 is 5.72. The molecule has 2 aromatic carbocycles. The Bertz CT molecular complexity index is 816. The molecule has 3 rings (SSSR count). The number of carbonyl (C=O) groups excluding carboxylic acids is 1. The molecule has 0 aliphatic rings. The summed E-state index contributed by atoms with van der Waals surface area (Å²) >= 11 is 0. The third-order valence-electron chi connectivity index (χ3n) is 3.05. The van der Waals surface area contributed by atoms with Crippen molar-refractivity contribution in [3.63, 3.8) is 0 Å². The minimum atomic E-state index is -0.716. The molecule has 0 bridgehead atoms. The van der Waals surface area contributed by atoms with Gasteiger partial charge in [0, 0.05) is 5.56 Å². The van der Waals surface area contributed by atoms with Crippen LogP contribution in [-0.2, 0) is 0 Å². The molecule has 3 N–H and O–H groups in total. The number of fused-ring (bicyclic) bond motifs is 1. The van der Waals surface area contributed by atoms with Gasteiger partial charge in [-0.15, -0.1) is 0 Å². The molecule has 0 spiro atoms. The van der Waals surface area contributed by atoms with Gasteiger partial charge >= 0.3 is 6.03 Å². The van der Waals surface area contributed by atoms with E-state index in [1.165, 1.54) is 6.21 Å². The van der Waals surface area contributed by atoms with Gasteiger partial charge in [0.2, 0.25) is 0 Å². The lowest BCUT2D eigenvalue weighted by atomic mass is 10.0. The number of hydrazone groups is 1. The first-order chi connectivity index (χ1) is 10.2. The van der Waals surface area contributed by atoms with Crippen molar-refractivity contribution in [1.29, 1.82) is 0 Å². The highest BCUT2D eigenvalue weighted by molar-refractivity contribution is 5.95. The Morgan fingerprint density at radius 3 is 2.76 bits per heavy atom. The molecular formula is C16H13N3O2. The van der Waals surface area contributed by atoms with Gasteiger partial charge in [0.25, 0.3) is 0 Å². The van der Waals surface area contributed by atoms with Crippen LogP contribution in [0.5, 0.6) is 0 Å². The zero-order chi connectivity index (χ0) is 14.7. The lowest BCUT2D eigenvalue weighted by Crippen LogP contribution is -2.24. The van der Waals surface area contributed by atoms with Crippen molar-refractivity contribution in [2.24, 2.45) is 10.8 Å². The van der Waals surface area contributed by atoms with E-state index in [0.717, 1.165) is 22.1 Å². The number of amides is 2. The number of hydrogen-bond acceptors (Lipinski definition) is 3. The molecule has 2 amide bonds. The molecule has 0 aliphatic carbocycles. The highest BCUT2D eigenvalue weighted by Crippen LogP contribution is 2.29. The molecular weight excluding hydrogens is 266 g/mol. The van der Waals surface area contributed by atoms with E-state index >= 15 is 0 Å². The predicted octanol–water partition coefficient (Wildman–Crippen LogP) is 3.10. The monoisotopic (exact) mass is 279 g/mol. The van der Waals surface area contributed by atoms with Crippen LogP contribution in [0.3, 0.4) is 0 Å². The van der Waals surface area contributed by atoms with Gasteiger partial charge in [-0.25, -0.2) is 10.2 Å². The highest BCUT2D eigenvalue weighted by atomic mass is 16.3. The van der Waals surface area contributed by atoms with Crippen LogP contribution in [0.15, 0.2) is 64.1 Å². The molecule has 0 unspecified atom stereocenters. The Hall–Kier alpha value is -3.08. The minimum Gasteiger partial charge on any atom is -0.455 e. The maximum Gasteiger partial charge on any atom is 0.332 e. The topological polar surface area (TPSA) is 80.6 Å². The number of nitrogens with zero attached hydrogens (tertiary/aromatic N) is 1. The number of benzene rings is 2. The molecule has 0 aliphatic heterocycles. The van der Waals surface area contributed by atoms with Crippen LogP contribution in [0.2, 0.25) is 0 Å². The zero-order valence-electron chi connectivity index (χ0n) is 11.1. The van der Waals surface area contributed by atoms with Crippen molar-refractivity contribution in [3.8, 4) is 11.3 Å². The first-order valence-corrected chi connectivity index (χ1v) is 6.40. The fourth-order valence-electron chi connectivity index (χ4n) is 2.17. The molecule has 0 saturated heterocycles. The minimum absolute atomic E-state index is 0.534. The zero-order valence-corrected chi connectivity index (χ0v) is 11.1. The van der Waals surface area contributed by atoms with Crippen molar-refractivity contribution in [2.75, 3.05) is 0 Å². The largest absolute Gasteiger partial charge is 0.455 e. The third-order valence-corrected chi connectivity index (χ3v) is 3.05. The van der Waals surface area contributed by atoms with Crippen molar-refractivity contribution in [2.45, 2.75) is 0 Å². The third kappa shape index (κ3) is 2.76. The molecule has 1 aromatic heterocycles. The average Bonchev–Trinajstić information content (AvgIpc) is 2.95. The van der Waals surface area contributed by atoms with Crippen LogP contribution in [0.25, 0.3) is 22.1 Å². The number of carbonyl (C=O) groups is 1. The van der Waals surface area contributed by atoms with Crippen LogP contribution in [-0.4, -0.2) is 12.2 Å². The molecule has 5 heteroatoms. The number of primary amides is 1. The number of rotatable bonds is 3. The molecule has 0 radical (unpaired) electrons. The number of nitrogens with one attached hydrogen (secondary N) is 1. The summed E-state index contributed by atoms with van der Waals surface area (Å²) in [5, 5.41) is 5.94. The summed E-state index contributed by atoms with van der Waals surface area (Å²) in [4.78, 5) is 10.5. The van der Waals surface area contributed by atoms with Crippen LogP contribution in [0, 0.1) is 0 Å². The van der Waals surface area contributed by atoms with Crippen LogP contribution < -0.4 is 11.2 Å². The Kier molecular flexibility index (Phi) is 3.39. The molecule has 0 atom stereocenters. The fourth-order valence-corrected chi connectivity index (χ4v) is 2.17. The number of hydrogen-bond donors (Lipinski definition) is 2. The quantitative estimate of drug-likeness (QED) is 0.570. The van der Waals surface area contributed by atoms with E-state index in [1.54, 1.807) is 6.07 Å². The SMILES string of the molecule is NC(=O)NN=Cc1ccc(-c2cccc3ccccc23)o1. The molecule has 21 heavy (non-hydrogen) atoms. The van der Waals surface area contributed by atoms with E-state index < -0.39 is 6.03 Å². The second-order valence-electron chi connectivity index (χ2n) is 4.46. The van der Waals surface area contributed by atoms with Crippen molar-refractivity contribution < 1.29 is 9.21 Å². The first-order valence-electron chi connectivity index (χ1n) is 6.40. The number of furan rings is 1. The molecule has 3 aromatic rings.